The van der Waals surface area contributed by atoms with Gasteiger partial charge in [-0.15, -0.1) is 0 Å². The number of hydrogen-bond donors (Lipinski definition) is 3. The summed E-state index contributed by atoms with van der Waals surface area (Å²) in [6.45, 7) is 2.10. The molecule has 0 saturated heterocycles. The Balaban J connectivity index is 0. The summed E-state index contributed by atoms with van der Waals surface area (Å²) < 4.78 is 0. The Hall–Kier alpha value is -1.24. The van der Waals surface area contributed by atoms with E-state index >= 15 is 0 Å². The SMILES string of the molecule is C=C(C(=O)O)C(=O)C(O)CO.O. The molecular weight excluding hydrogens is 168 g/mol. The molecule has 70 valence electrons. The van der Waals surface area contributed by atoms with Gasteiger partial charge in [0.1, 0.15) is 6.10 Å². The van der Waals surface area contributed by atoms with Crippen LogP contribution in [0, 0.1) is 0 Å². The highest BCUT2D eigenvalue weighted by Crippen LogP contribution is 1.97. The van der Waals surface area contributed by atoms with Gasteiger partial charge in [-0.2, -0.15) is 0 Å². The molecule has 0 aliphatic carbocycles. The minimum absolute atomic E-state index is 0. The van der Waals surface area contributed by atoms with Crippen LogP contribution in [0.2, 0.25) is 0 Å². The second kappa shape index (κ2) is 5.42. The summed E-state index contributed by atoms with van der Waals surface area (Å²) in [6, 6.07) is 0. The molecule has 0 aliphatic rings. The van der Waals surface area contributed by atoms with Crippen molar-refractivity contribution in [3.05, 3.63) is 12.2 Å². The van der Waals surface area contributed by atoms with Gasteiger partial charge in [-0.25, -0.2) is 4.79 Å². The Morgan fingerprint density at radius 2 is 1.83 bits per heavy atom. The van der Waals surface area contributed by atoms with Gasteiger partial charge in [-0.3, -0.25) is 4.79 Å². The first-order valence-electron chi connectivity index (χ1n) is 2.76. The number of aliphatic carboxylic acids is 1. The zero-order valence-corrected chi connectivity index (χ0v) is 6.15. The van der Waals surface area contributed by atoms with Gasteiger partial charge in [-0.1, -0.05) is 6.58 Å². The van der Waals surface area contributed by atoms with Crippen molar-refractivity contribution in [2.45, 2.75) is 6.10 Å². The summed E-state index contributed by atoms with van der Waals surface area (Å²) in [5.41, 5.74) is -0.730. The fourth-order valence-corrected chi connectivity index (χ4v) is 0.389. The molecule has 0 amide bonds. The van der Waals surface area contributed by atoms with Crippen LogP contribution in [0.15, 0.2) is 12.2 Å². The van der Waals surface area contributed by atoms with Crippen LogP contribution in [-0.2, 0) is 9.59 Å². The average molecular weight is 178 g/mol. The molecule has 0 aromatic heterocycles. The van der Waals surface area contributed by atoms with Gasteiger partial charge in [0.2, 0.25) is 0 Å². The van der Waals surface area contributed by atoms with Crippen molar-refractivity contribution >= 4 is 11.8 Å². The maximum atomic E-state index is 10.6. The van der Waals surface area contributed by atoms with Gasteiger partial charge in [0.05, 0.1) is 12.2 Å². The third-order valence-electron chi connectivity index (χ3n) is 1.03. The van der Waals surface area contributed by atoms with Crippen molar-refractivity contribution < 1.29 is 30.4 Å². The number of aliphatic hydroxyl groups excluding tert-OH is 2. The molecule has 0 radical (unpaired) electrons. The number of carbonyl (C=O) groups excluding carboxylic acids is 1. The number of Topliss-reactive ketones (excluding diaryl/α,β-unsaturated/α-hetero) is 1. The lowest BCUT2D eigenvalue weighted by molar-refractivity contribution is -0.136. The summed E-state index contributed by atoms with van der Waals surface area (Å²) >= 11 is 0. The van der Waals surface area contributed by atoms with Crippen molar-refractivity contribution in [1.82, 2.24) is 0 Å². The Bertz CT molecular complexity index is 196. The summed E-state index contributed by atoms with van der Waals surface area (Å²) in [5, 5.41) is 25.0. The molecule has 0 aromatic carbocycles. The predicted molar refractivity (Wildman–Crippen MR) is 38.5 cm³/mol. The summed E-state index contributed by atoms with van der Waals surface area (Å²) in [5.74, 6) is -2.57. The number of rotatable bonds is 4. The second-order valence-corrected chi connectivity index (χ2v) is 1.85. The van der Waals surface area contributed by atoms with Crippen LogP contribution in [0.5, 0.6) is 0 Å². The number of carbonyl (C=O) groups is 2. The Kier molecular flexibility index (Phi) is 6.03. The molecule has 0 fully saturated rings. The topological polar surface area (TPSA) is 126 Å². The van der Waals surface area contributed by atoms with Crippen LogP contribution < -0.4 is 0 Å². The van der Waals surface area contributed by atoms with Gasteiger partial charge in [0.25, 0.3) is 0 Å². The van der Waals surface area contributed by atoms with Crippen LogP contribution in [0.25, 0.3) is 0 Å². The molecule has 1 atom stereocenters. The molecule has 0 rings (SSSR count). The summed E-state index contributed by atoms with van der Waals surface area (Å²) in [4.78, 5) is 20.7. The van der Waals surface area contributed by atoms with E-state index in [9.17, 15) is 9.59 Å². The third-order valence-corrected chi connectivity index (χ3v) is 1.03. The fourth-order valence-electron chi connectivity index (χ4n) is 0.389. The Labute approximate surface area is 68.1 Å². The molecule has 0 bridgehead atoms. The summed E-state index contributed by atoms with van der Waals surface area (Å²) in [6.07, 6.45) is -1.68. The number of ketones is 1. The van der Waals surface area contributed by atoms with E-state index in [1.165, 1.54) is 0 Å². The smallest absolute Gasteiger partial charge is 0.338 e. The highest BCUT2D eigenvalue weighted by atomic mass is 16.4. The lowest BCUT2D eigenvalue weighted by atomic mass is 10.1. The molecule has 0 heterocycles. The molecule has 1 unspecified atom stereocenters. The minimum atomic E-state index is -1.68. The molecule has 0 spiro atoms. The van der Waals surface area contributed by atoms with Crippen molar-refractivity contribution in [2.75, 3.05) is 6.61 Å². The molecule has 6 nitrogen and oxygen atoms in total. The standard InChI is InChI=1S/C6H8O5.H2O/c1-3(6(10)11)5(9)4(8)2-7;/h4,7-8H,1-2H2,(H,10,11);1H2. The molecular formula is C6H10O6. The maximum absolute atomic E-state index is 10.6. The van der Waals surface area contributed by atoms with E-state index in [0.29, 0.717) is 0 Å². The monoisotopic (exact) mass is 178 g/mol. The van der Waals surface area contributed by atoms with E-state index in [4.69, 9.17) is 15.3 Å². The van der Waals surface area contributed by atoms with E-state index in [1.54, 1.807) is 0 Å². The van der Waals surface area contributed by atoms with Crippen LogP contribution >= 0.6 is 0 Å². The van der Waals surface area contributed by atoms with Crippen LogP contribution in [0.1, 0.15) is 0 Å². The van der Waals surface area contributed by atoms with Gasteiger partial charge in [0.15, 0.2) is 5.78 Å². The van der Waals surface area contributed by atoms with Crippen molar-refractivity contribution in [1.29, 1.82) is 0 Å². The van der Waals surface area contributed by atoms with Crippen LogP contribution in [0.3, 0.4) is 0 Å². The molecule has 5 N–H and O–H groups in total. The van der Waals surface area contributed by atoms with Crippen LogP contribution in [0.4, 0.5) is 0 Å². The maximum Gasteiger partial charge on any atom is 0.338 e. The van der Waals surface area contributed by atoms with Gasteiger partial charge < -0.3 is 20.8 Å². The van der Waals surface area contributed by atoms with Crippen LogP contribution in [-0.4, -0.2) is 45.3 Å². The predicted octanol–water partition coefficient (Wildman–Crippen LogP) is -2.28. The van der Waals surface area contributed by atoms with E-state index in [0.717, 1.165) is 0 Å². The molecule has 0 aliphatic heterocycles. The molecule has 6 heteroatoms. The second-order valence-electron chi connectivity index (χ2n) is 1.85. The normalized spacial score (nSPS) is 11.2. The molecule has 12 heavy (non-hydrogen) atoms. The van der Waals surface area contributed by atoms with Gasteiger partial charge in [-0.05, 0) is 0 Å². The quantitative estimate of drug-likeness (QED) is 0.254. The largest absolute Gasteiger partial charge is 0.478 e. The van der Waals surface area contributed by atoms with Crippen molar-refractivity contribution in [2.24, 2.45) is 0 Å². The zero-order chi connectivity index (χ0) is 9.02. The number of hydrogen-bond acceptors (Lipinski definition) is 4. The first-order valence-corrected chi connectivity index (χ1v) is 2.76. The summed E-state index contributed by atoms with van der Waals surface area (Å²) in [7, 11) is 0. The van der Waals surface area contributed by atoms with Crippen molar-refractivity contribution in [3.8, 4) is 0 Å². The van der Waals surface area contributed by atoms with Gasteiger partial charge in [0, 0.05) is 0 Å². The first kappa shape index (κ1) is 13.4. The zero-order valence-electron chi connectivity index (χ0n) is 6.15. The third kappa shape index (κ3) is 3.24. The van der Waals surface area contributed by atoms with E-state index < -0.39 is 30.0 Å². The van der Waals surface area contributed by atoms with Crippen molar-refractivity contribution in [3.63, 3.8) is 0 Å². The number of carboxylic acids is 1. The van der Waals surface area contributed by atoms with E-state index in [1.807, 2.05) is 0 Å². The molecule has 0 aromatic rings. The fraction of sp³-hybridized carbons (Fsp3) is 0.333. The van der Waals surface area contributed by atoms with E-state index in [2.05, 4.69) is 6.58 Å². The Morgan fingerprint density at radius 1 is 1.42 bits per heavy atom. The lowest BCUT2D eigenvalue weighted by Gasteiger charge is -2.03. The minimum Gasteiger partial charge on any atom is -0.478 e. The average Bonchev–Trinajstić information content (AvgIpc) is 2.00. The van der Waals surface area contributed by atoms with Gasteiger partial charge >= 0.3 is 5.97 Å². The molecule has 0 saturated carbocycles. The highest BCUT2D eigenvalue weighted by Gasteiger charge is 2.21. The highest BCUT2D eigenvalue weighted by molar-refractivity contribution is 6.17. The first-order chi connectivity index (χ1) is 5.00. The number of carboxylic acid groups (broad SMARTS) is 1. The van der Waals surface area contributed by atoms with E-state index in [-0.39, 0.29) is 5.48 Å². The number of aliphatic hydroxyl groups is 2. The Morgan fingerprint density at radius 3 is 2.08 bits per heavy atom. The lowest BCUT2D eigenvalue weighted by Crippen LogP contribution is -2.28.